The Morgan fingerprint density at radius 3 is 3.16 bits per heavy atom. The summed E-state index contributed by atoms with van der Waals surface area (Å²) in [5.74, 6) is 2.30. The van der Waals surface area contributed by atoms with Crippen molar-refractivity contribution in [3.8, 4) is 5.75 Å². The second kappa shape index (κ2) is 5.84. The van der Waals surface area contributed by atoms with Gasteiger partial charge in [-0.1, -0.05) is 23.4 Å². The quantitative estimate of drug-likeness (QED) is 0.829. The number of para-hydroxylation sites is 1. The van der Waals surface area contributed by atoms with Crippen molar-refractivity contribution < 1.29 is 9.26 Å². The minimum absolute atomic E-state index is 0.523. The predicted octanol–water partition coefficient (Wildman–Crippen LogP) is 1.77. The number of aromatic nitrogens is 2. The Kier molecular flexibility index (Phi) is 3.74. The Balaban J connectivity index is 1.51. The van der Waals surface area contributed by atoms with Crippen LogP contribution in [0.15, 0.2) is 35.2 Å². The molecule has 2 aromatic rings. The van der Waals surface area contributed by atoms with E-state index in [1.807, 2.05) is 12.1 Å². The average molecular weight is 259 g/mol. The molecule has 0 spiro atoms. The van der Waals surface area contributed by atoms with E-state index in [9.17, 15) is 0 Å². The molecule has 5 nitrogen and oxygen atoms in total. The number of nitrogens with one attached hydrogen (secondary N) is 1. The fraction of sp³-hybridized carbons (Fsp3) is 0.429. The van der Waals surface area contributed by atoms with Crippen LogP contribution in [0.5, 0.6) is 5.75 Å². The van der Waals surface area contributed by atoms with Crippen LogP contribution in [-0.2, 0) is 6.42 Å². The molecule has 100 valence electrons. The van der Waals surface area contributed by atoms with Gasteiger partial charge in [0.15, 0.2) is 5.82 Å². The number of benzene rings is 1. The number of nitrogens with zero attached hydrogens (tertiary/aromatic N) is 2. The second-order valence-electron chi connectivity index (χ2n) is 4.67. The van der Waals surface area contributed by atoms with Crippen LogP contribution in [0.4, 0.5) is 0 Å². The van der Waals surface area contributed by atoms with Crippen LogP contribution in [-0.4, -0.2) is 29.8 Å². The molecule has 1 unspecified atom stereocenters. The summed E-state index contributed by atoms with van der Waals surface area (Å²) in [6.45, 7) is 2.62. The van der Waals surface area contributed by atoms with E-state index in [2.05, 4.69) is 27.6 Å². The van der Waals surface area contributed by atoms with Gasteiger partial charge in [-0.05, 0) is 18.1 Å². The number of fused-ring (bicyclic) bond motifs is 1. The first-order valence-corrected chi connectivity index (χ1v) is 6.61. The molecule has 0 amide bonds. The lowest BCUT2D eigenvalue weighted by Gasteiger charge is -2.26. The first-order chi connectivity index (χ1) is 9.43. The van der Waals surface area contributed by atoms with E-state index in [-0.39, 0.29) is 0 Å². The van der Waals surface area contributed by atoms with E-state index in [0.717, 1.165) is 44.1 Å². The zero-order valence-electron chi connectivity index (χ0n) is 10.7. The van der Waals surface area contributed by atoms with E-state index >= 15 is 0 Å². The average Bonchev–Trinajstić information content (AvgIpc) is 2.97. The summed E-state index contributed by atoms with van der Waals surface area (Å²) in [6.07, 6.45) is 3.22. The summed E-state index contributed by atoms with van der Waals surface area (Å²) in [5.41, 5.74) is 1.31. The number of hydrogen-bond acceptors (Lipinski definition) is 5. The molecular weight excluding hydrogens is 242 g/mol. The highest BCUT2D eigenvalue weighted by molar-refractivity contribution is 5.37. The van der Waals surface area contributed by atoms with Gasteiger partial charge in [-0.25, -0.2) is 0 Å². The Hall–Kier alpha value is -1.88. The molecule has 1 aliphatic heterocycles. The molecule has 3 rings (SSSR count). The molecule has 0 bridgehead atoms. The minimum atomic E-state index is 0.523. The van der Waals surface area contributed by atoms with Crippen LogP contribution in [0.25, 0.3) is 0 Å². The van der Waals surface area contributed by atoms with Crippen molar-refractivity contribution in [1.29, 1.82) is 0 Å². The molecule has 0 radical (unpaired) electrons. The molecule has 0 aliphatic carbocycles. The van der Waals surface area contributed by atoms with Crippen molar-refractivity contribution in [2.75, 3.05) is 19.7 Å². The maximum atomic E-state index is 5.66. The highest BCUT2D eigenvalue weighted by atomic mass is 16.5. The first kappa shape index (κ1) is 12.2. The third kappa shape index (κ3) is 2.93. The van der Waals surface area contributed by atoms with Crippen molar-refractivity contribution in [2.45, 2.75) is 18.8 Å². The lowest BCUT2D eigenvalue weighted by Crippen LogP contribution is -2.27. The standard InChI is InChI=1S/C14H17N3O2/c1-2-4-13-12(3-1)11(6-8-18-13)9-15-7-5-14-16-10-19-17-14/h1-4,10-11,15H,5-9H2. The van der Waals surface area contributed by atoms with Gasteiger partial charge >= 0.3 is 0 Å². The molecule has 1 aliphatic rings. The van der Waals surface area contributed by atoms with Crippen molar-refractivity contribution in [2.24, 2.45) is 0 Å². The van der Waals surface area contributed by atoms with Crippen LogP contribution >= 0.6 is 0 Å². The molecule has 5 heteroatoms. The molecule has 0 saturated carbocycles. The van der Waals surface area contributed by atoms with Gasteiger partial charge in [-0.2, -0.15) is 4.98 Å². The summed E-state index contributed by atoms with van der Waals surface area (Å²) in [5, 5.41) is 7.25. The molecular formula is C14H17N3O2. The SMILES string of the molecule is c1ccc2c(c1)OCCC2CNCCc1ncon1. The van der Waals surface area contributed by atoms with Gasteiger partial charge in [0.25, 0.3) is 0 Å². The predicted molar refractivity (Wildman–Crippen MR) is 70.2 cm³/mol. The summed E-state index contributed by atoms with van der Waals surface area (Å²) >= 11 is 0. The van der Waals surface area contributed by atoms with Gasteiger partial charge in [0.1, 0.15) is 5.75 Å². The van der Waals surface area contributed by atoms with Crippen molar-refractivity contribution in [3.63, 3.8) is 0 Å². The van der Waals surface area contributed by atoms with Gasteiger partial charge in [-0.3, -0.25) is 0 Å². The largest absolute Gasteiger partial charge is 0.493 e. The monoisotopic (exact) mass is 259 g/mol. The topological polar surface area (TPSA) is 60.2 Å². The molecule has 19 heavy (non-hydrogen) atoms. The number of rotatable bonds is 5. The Morgan fingerprint density at radius 2 is 2.26 bits per heavy atom. The van der Waals surface area contributed by atoms with Gasteiger partial charge in [-0.15, -0.1) is 0 Å². The zero-order chi connectivity index (χ0) is 12.9. The van der Waals surface area contributed by atoms with Gasteiger partial charge in [0.2, 0.25) is 6.39 Å². The van der Waals surface area contributed by atoms with Crippen molar-refractivity contribution >= 4 is 0 Å². The van der Waals surface area contributed by atoms with Crippen LogP contribution in [0.2, 0.25) is 0 Å². The maximum Gasteiger partial charge on any atom is 0.213 e. The molecule has 1 aromatic carbocycles. The molecule has 1 atom stereocenters. The van der Waals surface area contributed by atoms with E-state index in [0.29, 0.717) is 5.92 Å². The third-order valence-electron chi connectivity index (χ3n) is 3.41. The summed E-state index contributed by atoms with van der Waals surface area (Å²) in [6, 6.07) is 8.28. The van der Waals surface area contributed by atoms with Gasteiger partial charge < -0.3 is 14.6 Å². The Labute approximate surface area is 112 Å². The summed E-state index contributed by atoms with van der Waals surface area (Å²) in [4.78, 5) is 4.00. The van der Waals surface area contributed by atoms with Crippen LogP contribution in [0, 0.1) is 0 Å². The molecule has 1 N–H and O–H groups in total. The first-order valence-electron chi connectivity index (χ1n) is 6.61. The van der Waals surface area contributed by atoms with Gasteiger partial charge in [0.05, 0.1) is 6.61 Å². The van der Waals surface area contributed by atoms with Gasteiger partial charge in [0, 0.05) is 25.4 Å². The van der Waals surface area contributed by atoms with E-state index < -0.39 is 0 Å². The summed E-state index contributed by atoms with van der Waals surface area (Å²) < 4.78 is 10.4. The smallest absolute Gasteiger partial charge is 0.213 e. The molecule has 2 heterocycles. The number of ether oxygens (including phenoxy) is 1. The fourth-order valence-corrected chi connectivity index (χ4v) is 2.41. The third-order valence-corrected chi connectivity index (χ3v) is 3.41. The maximum absolute atomic E-state index is 5.66. The van der Waals surface area contributed by atoms with Crippen LogP contribution in [0.1, 0.15) is 23.7 Å². The normalized spacial score (nSPS) is 17.8. The lowest BCUT2D eigenvalue weighted by atomic mass is 9.93. The highest BCUT2D eigenvalue weighted by Gasteiger charge is 2.20. The molecule has 0 fully saturated rings. The highest BCUT2D eigenvalue weighted by Crippen LogP contribution is 2.32. The molecule has 1 aromatic heterocycles. The Bertz CT molecular complexity index is 513. The second-order valence-corrected chi connectivity index (χ2v) is 4.67. The fourth-order valence-electron chi connectivity index (χ4n) is 2.41. The van der Waals surface area contributed by atoms with Crippen molar-refractivity contribution in [3.05, 3.63) is 42.0 Å². The Morgan fingerprint density at radius 1 is 1.32 bits per heavy atom. The minimum Gasteiger partial charge on any atom is -0.493 e. The van der Waals surface area contributed by atoms with Crippen LogP contribution < -0.4 is 10.1 Å². The zero-order valence-corrected chi connectivity index (χ0v) is 10.7. The van der Waals surface area contributed by atoms with E-state index in [1.54, 1.807) is 0 Å². The molecule has 0 saturated heterocycles. The van der Waals surface area contributed by atoms with E-state index in [1.165, 1.54) is 12.0 Å². The summed E-state index contributed by atoms with van der Waals surface area (Å²) in [7, 11) is 0. The number of hydrogen-bond donors (Lipinski definition) is 1. The van der Waals surface area contributed by atoms with Crippen LogP contribution in [0.3, 0.4) is 0 Å². The van der Waals surface area contributed by atoms with Crippen molar-refractivity contribution in [1.82, 2.24) is 15.5 Å². The van der Waals surface area contributed by atoms with E-state index in [4.69, 9.17) is 9.26 Å². The lowest BCUT2D eigenvalue weighted by molar-refractivity contribution is 0.265.